The predicted molar refractivity (Wildman–Crippen MR) is 116 cm³/mol. The minimum Gasteiger partial charge on any atom is -0.465 e. The number of nitrogens with zero attached hydrogens (tertiary/aromatic N) is 1. The number of rotatable bonds is 5. The van der Waals surface area contributed by atoms with Crippen LogP contribution in [0, 0.1) is 11.7 Å². The van der Waals surface area contributed by atoms with Crippen LogP contribution < -0.4 is 10.6 Å². The molecule has 0 saturated carbocycles. The van der Waals surface area contributed by atoms with Gasteiger partial charge in [0, 0.05) is 19.5 Å². The third-order valence-corrected chi connectivity index (χ3v) is 6.44. The number of halogens is 1. The molecule has 4 rings (SSSR count). The number of methoxy groups -OCH3 is 1. The van der Waals surface area contributed by atoms with Gasteiger partial charge < -0.3 is 15.0 Å². The molecule has 2 saturated heterocycles. The van der Waals surface area contributed by atoms with Gasteiger partial charge in [-0.1, -0.05) is 30.3 Å². The molecule has 0 unspecified atom stereocenters. The molecule has 2 aromatic rings. The zero-order chi connectivity index (χ0) is 23.6. The number of likely N-dealkylation sites (tertiary alicyclic amines) is 1. The van der Waals surface area contributed by atoms with Crippen molar-refractivity contribution in [2.75, 3.05) is 20.2 Å². The Bertz CT molecular complexity index is 1110. The number of amides is 4. The highest BCUT2D eigenvalue weighted by Gasteiger charge is 2.52. The molecule has 33 heavy (non-hydrogen) atoms. The summed E-state index contributed by atoms with van der Waals surface area (Å²) in [5.74, 6) is -2.14. The number of benzene rings is 2. The molecule has 2 aromatic carbocycles. The van der Waals surface area contributed by atoms with E-state index in [0.717, 1.165) is 0 Å². The number of carbonyl (C=O) groups is 4. The topological polar surface area (TPSA) is 105 Å². The molecule has 1 atom stereocenters. The summed E-state index contributed by atoms with van der Waals surface area (Å²) in [6, 6.07) is 12.0. The van der Waals surface area contributed by atoms with Gasteiger partial charge in [0.2, 0.25) is 0 Å². The summed E-state index contributed by atoms with van der Waals surface area (Å²) in [6.07, 6.45) is 0.865. The van der Waals surface area contributed by atoms with E-state index in [9.17, 15) is 23.6 Å². The first kappa shape index (κ1) is 22.4. The molecule has 2 N–H and O–H groups in total. The van der Waals surface area contributed by atoms with Crippen LogP contribution in [0.25, 0.3) is 0 Å². The van der Waals surface area contributed by atoms with Crippen molar-refractivity contribution in [1.29, 1.82) is 0 Å². The first-order valence-electron chi connectivity index (χ1n) is 10.7. The van der Waals surface area contributed by atoms with Gasteiger partial charge in [-0.05, 0) is 42.5 Å². The molecule has 8 nitrogen and oxygen atoms in total. The maximum Gasteiger partial charge on any atom is 0.338 e. The Morgan fingerprint density at radius 2 is 1.70 bits per heavy atom. The number of urea groups is 1. The second-order valence-electron chi connectivity index (χ2n) is 8.25. The predicted octanol–water partition coefficient (Wildman–Crippen LogP) is 2.29. The SMILES string of the molecule is COC(=O)c1ccccc1C(=O)N1CCC([C@]2(Cc3ccccc3F)NC(=O)NC2=O)CC1. The second-order valence-corrected chi connectivity index (χ2v) is 8.25. The summed E-state index contributed by atoms with van der Waals surface area (Å²) < 4.78 is 19.1. The summed E-state index contributed by atoms with van der Waals surface area (Å²) in [5, 5.41) is 5.03. The molecule has 0 bridgehead atoms. The fourth-order valence-electron chi connectivity index (χ4n) is 4.71. The largest absolute Gasteiger partial charge is 0.465 e. The summed E-state index contributed by atoms with van der Waals surface area (Å²) in [4.78, 5) is 51.7. The molecule has 2 fully saturated rings. The van der Waals surface area contributed by atoms with E-state index in [2.05, 4.69) is 10.6 Å². The number of esters is 1. The lowest BCUT2D eigenvalue weighted by Crippen LogP contribution is -2.58. The lowest BCUT2D eigenvalue weighted by molar-refractivity contribution is -0.126. The number of nitrogens with one attached hydrogen (secondary N) is 2. The maximum atomic E-state index is 14.4. The average molecular weight is 453 g/mol. The number of ether oxygens (including phenoxy) is 1. The minimum atomic E-state index is -1.29. The smallest absolute Gasteiger partial charge is 0.338 e. The van der Waals surface area contributed by atoms with Gasteiger partial charge in [-0.2, -0.15) is 0 Å². The van der Waals surface area contributed by atoms with Gasteiger partial charge in [-0.25, -0.2) is 14.0 Å². The van der Waals surface area contributed by atoms with Crippen LogP contribution in [0.15, 0.2) is 48.5 Å². The molecule has 0 aromatic heterocycles. The van der Waals surface area contributed by atoms with Crippen LogP contribution in [0.5, 0.6) is 0 Å². The molecule has 2 aliphatic rings. The second kappa shape index (κ2) is 9.01. The number of piperidine rings is 1. The Balaban J connectivity index is 1.54. The van der Waals surface area contributed by atoms with E-state index < -0.39 is 29.3 Å². The van der Waals surface area contributed by atoms with Gasteiger partial charge in [-0.15, -0.1) is 0 Å². The van der Waals surface area contributed by atoms with Crippen LogP contribution in [0.2, 0.25) is 0 Å². The van der Waals surface area contributed by atoms with E-state index in [1.165, 1.54) is 19.2 Å². The van der Waals surface area contributed by atoms with E-state index in [1.54, 1.807) is 41.3 Å². The molecule has 0 radical (unpaired) electrons. The lowest BCUT2D eigenvalue weighted by atomic mass is 9.74. The van der Waals surface area contributed by atoms with Crippen molar-refractivity contribution in [2.24, 2.45) is 5.92 Å². The zero-order valence-electron chi connectivity index (χ0n) is 18.1. The van der Waals surface area contributed by atoms with Crippen molar-refractivity contribution < 1.29 is 28.3 Å². The molecule has 9 heteroatoms. The fraction of sp³-hybridized carbons (Fsp3) is 0.333. The van der Waals surface area contributed by atoms with Crippen molar-refractivity contribution in [3.05, 3.63) is 71.0 Å². The summed E-state index contributed by atoms with van der Waals surface area (Å²) in [6.45, 7) is 0.641. The third kappa shape index (κ3) is 4.18. The average Bonchev–Trinajstić information content (AvgIpc) is 3.13. The Morgan fingerprint density at radius 1 is 1.06 bits per heavy atom. The van der Waals surface area contributed by atoms with Gasteiger partial charge in [0.1, 0.15) is 11.4 Å². The minimum absolute atomic E-state index is 0.0149. The van der Waals surface area contributed by atoms with Crippen LogP contribution >= 0.6 is 0 Å². The lowest BCUT2D eigenvalue weighted by Gasteiger charge is -2.41. The van der Waals surface area contributed by atoms with E-state index in [-0.39, 0.29) is 29.4 Å². The standard InChI is InChI=1S/C24H24FN3O5/c1-33-21(30)18-8-4-3-7-17(18)20(29)28-12-10-16(11-13-28)24(22(31)26-23(32)27-24)14-15-6-2-5-9-19(15)25/h2-9,16H,10-14H2,1H3,(H2,26,27,31,32)/t24-/m0/s1. The van der Waals surface area contributed by atoms with Crippen LogP contribution in [0.4, 0.5) is 9.18 Å². The van der Waals surface area contributed by atoms with Crippen LogP contribution in [-0.2, 0) is 16.0 Å². The van der Waals surface area contributed by atoms with Crippen LogP contribution in [0.1, 0.15) is 39.1 Å². The van der Waals surface area contributed by atoms with Crippen molar-refractivity contribution in [3.8, 4) is 0 Å². The van der Waals surface area contributed by atoms with E-state index in [4.69, 9.17) is 4.74 Å². The number of hydrogen-bond donors (Lipinski definition) is 2. The molecule has 2 aliphatic heterocycles. The highest BCUT2D eigenvalue weighted by molar-refractivity contribution is 6.07. The van der Waals surface area contributed by atoms with Crippen molar-refractivity contribution in [1.82, 2.24) is 15.5 Å². The first-order valence-corrected chi connectivity index (χ1v) is 10.7. The quantitative estimate of drug-likeness (QED) is 0.534. The third-order valence-electron chi connectivity index (χ3n) is 6.44. The summed E-state index contributed by atoms with van der Waals surface area (Å²) >= 11 is 0. The summed E-state index contributed by atoms with van der Waals surface area (Å²) in [5.41, 5.74) is -0.528. The highest BCUT2D eigenvalue weighted by atomic mass is 19.1. The van der Waals surface area contributed by atoms with Gasteiger partial charge in [-0.3, -0.25) is 14.9 Å². The molecule has 0 spiro atoms. The molecule has 172 valence electrons. The summed E-state index contributed by atoms with van der Waals surface area (Å²) in [7, 11) is 1.25. The Kier molecular flexibility index (Phi) is 6.13. The Labute approximate surface area is 190 Å². The molecular weight excluding hydrogens is 429 g/mol. The number of imide groups is 1. The molecule has 4 amide bonds. The zero-order valence-corrected chi connectivity index (χ0v) is 18.1. The van der Waals surface area contributed by atoms with Crippen molar-refractivity contribution in [3.63, 3.8) is 0 Å². The van der Waals surface area contributed by atoms with Gasteiger partial charge in [0.15, 0.2) is 0 Å². The first-order chi connectivity index (χ1) is 15.9. The van der Waals surface area contributed by atoms with E-state index in [0.29, 0.717) is 31.5 Å². The van der Waals surface area contributed by atoms with Gasteiger partial charge in [0.25, 0.3) is 11.8 Å². The monoisotopic (exact) mass is 453 g/mol. The molecule has 0 aliphatic carbocycles. The van der Waals surface area contributed by atoms with E-state index >= 15 is 0 Å². The molecule has 2 heterocycles. The highest BCUT2D eigenvalue weighted by Crippen LogP contribution is 2.35. The van der Waals surface area contributed by atoms with Crippen LogP contribution in [0.3, 0.4) is 0 Å². The number of carbonyl (C=O) groups excluding carboxylic acids is 4. The Morgan fingerprint density at radius 3 is 2.30 bits per heavy atom. The van der Waals surface area contributed by atoms with Gasteiger partial charge >= 0.3 is 12.0 Å². The van der Waals surface area contributed by atoms with Gasteiger partial charge in [0.05, 0.1) is 18.2 Å². The molecular formula is C24H24FN3O5. The number of hydrogen-bond acceptors (Lipinski definition) is 5. The van der Waals surface area contributed by atoms with Crippen LogP contribution in [-0.4, -0.2) is 54.5 Å². The normalized spacial score (nSPS) is 20.8. The fourth-order valence-corrected chi connectivity index (χ4v) is 4.71. The van der Waals surface area contributed by atoms with Crippen molar-refractivity contribution in [2.45, 2.75) is 24.8 Å². The maximum absolute atomic E-state index is 14.4. The van der Waals surface area contributed by atoms with E-state index in [1.807, 2.05) is 0 Å². The van der Waals surface area contributed by atoms with Crippen molar-refractivity contribution >= 4 is 23.8 Å². The Hall–Kier alpha value is -3.75.